The molecule has 0 fully saturated rings. The number of rotatable bonds is 0. The minimum atomic E-state index is -6.00. The van der Waals surface area contributed by atoms with Gasteiger partial charge < -0.3 is 34.5 Å². The maximum Gasteiger partial charge on any atom is 0.673 e. The molecule has 34 heavy (non-hydrogen) atoms. The van der Waals surface area contributed by atoms with Crippen LogP contribution in [0.2, 0.25) is 0 Å². The highest BCUT2D eigenvalue weighted by Crippen LogP contribution is 2.30. The molecule has 2 aromatic heterocycles. The molecule has 2 aromatic carbocycles. The minimum Gasteiger partial charge on any atom is -0.418 e. The summed E-state index contributed by atoms with van der Waals surface area (Å²) in [4.78, 5) is 0. The van der Waals surface area contributed by atoms with E-state index in [2.05, 4.69) is 66.8 Å². The number of benzene rings is 2. The second-order valence-corrected chi connectivity index (χ2v) is 7.93. The number of imidazole rings is 2. The summed E-state index contributed by atoms with van der Waals surface area (Å²) in [5.74, 6) is 2.78. The minimum absolute atomic E-state index is 1.10. The molecule has 0 unspecified atom stereocenters. The van der Waals surface area contributed by atoms with Crippen LogP contribution in [0.5, 0.6) is 0 Å². The molecule has 0 amide bonds. The lowest BCUT2D eigenvalue weighted by Crippen LogP contribution is -2.37. The number of halogens is 8. The van der Waals surface area contributed by atoms with Crippen molar-refractivity contribution in [2.24, 2.45) is 0 Å². The van der Waals surface area contributed by atoms with E-state index in [4.69, 9.17) is 0 Å². The summed E-state index contributed by atoms with van der Waals surface area (Å²) in [6.07, 6.45) is 2.36. The van der Waals surface area contributed by atoms with Crippen molar-refractivity contribution in [3.63, 3.8) is 0 Å². The maximum atomic E-state index is 9.75. The largest absolute Gasteiger partial charge is 0.673 e. The third-order valence-corrected chi connectivity index (χ3v) is 5.68. The van der Waals surface area contributed by atoms with Gasteiger partial charge in [0.15, 0.2) is 22.1 Å². The summed E-state index contributed by atoms with van der Waals surface area (Å²) in [7, 11) is -12.0. The van der Waals surface area contributed by atoms with Crippen LogP contribution in [-0.2, 0) is 26.2 Å². The SMILES string of the molecule is F[B-](F)(F)F.F[B-](F)(F)F.c1ccc2c(c1)n1c3[n+]2CCC[n+]2c-3n(c3ccccc32)CCC1. The number of hydrogen-bond donors (Lipinski definition) is 0. The Balaban J connectivity index is 0.000000235. The average Bonchev–Trinajstić information content (AvgIpc) is 3.00. The zero-order valence-electron chi connectivity index (χ0n) is 17.8. The number of aryl methyl sites for hydroxylation is 4. The standard InChI is InChI=1S/C20H20N4.2BF4/c1-2-8-16-15(7-1)21-11-5-13-23-17-9-3-4-10-18(17)24-14-6-12-22(16)19(21)20(23)24;2*2-1(3,4)5/h1-4,7-10H,5-6,11-14H2;;/q+2;2*-1. The molecule has 0 saturated heterocycles. The van der Waals surface area contributed by atoms with Crippen LogP contribution in [0.15, 0.2) is 48.5 Å². The number of nitrogens with zero attached hydrogens (tertiary/aromatic N) is 4. The van der Waals surface area contributed by atoms with Gasteiger partial charge in [-0.1, -0.05) is 24.3 Å². The lowest BCUT2D eigenvalue weighted by Gasteiger charge is -1.97. The Morgan fingerprint density at radius 3 is 1.29 bits per heavy atom. The Hall–Kier alpha value is -3.05. The summed E-state index contributed by atoms with van der Waals surface area (Å²) in [6, 6.07) is 17.8. The first-order chi connectivity index (χ1) is 15.9. The van der Waals surface area contributed by atoms with E-state index in [-0.39, 0.29) is 0 Å². The van der Waals surface area contributed by atoms with E-state index in [1.165, 1.54) is 46.6 Å². The van der Waals surface area contributed by atoms with Crippen molar-refractivity contribution in [2.45, 2.75) is 39.0 Å². The molecule has 0 aliphatic carbocycles. The summed E-state index contributed by atoms with van der Waals surface area (Å²) in [5.41, 5.74) is 5.50. The first-order valence-electron chi connectivity index (χ1n) is 10.7. The van der Waals surface area contributed by atoms with Crippen molar-refractivity contribution in [3.8, 4) is 11.6 Å². The third-order valence-electron chi connectivity index (χ3n) is 5.68. The zero-order valence-corrected chi connectivity index (χ0v) is 17.8. The smallest absolute Gasteiger partial charge is 0.418 e. The van der Waals surface area contributed by atoms with Crippen LogP contribution in [-0.4, -0.2) is 23.6 Å². The van der Waals surface area contributed by atoms with E-state index in [1.807, 2.05) is 0 Å². The summed E-state index contributed by atoms with van der Waals surface area (Å²) in [5, 5.41) is 0. The second kappa shape index (κ2) is 8.95. The fourth-order valence-corrected chi connectivity index (χ4v) is 4.75. The number of hydrogen-bond acceptors (Lipinski definition) is 0. The Morgan fingerprint density at radius 2 is 0.912 bits per heavy atom. The summed E-state index contributed by atoms with van der Waals surface area (Å²) in [6.45, 7) is 4.38. The molecule has 0 bridgehead atoms. The molecular formula is C20H20B2F8N4. The van der Waals surface area contributed by atoms with Crippen molar-refractivity contribution in [1.82, 2.24) is 9.13 Å². The van der Waals surface area contributed by atoms with Crippen LogP contribution >= 0.6 is 0 Å². The predicted molar refractivity (Wildman–Crippen MR) is 113 cm³/mol. The van der Waals surface area contributed by atoms with Crippen molar-refractivity contribution in [1.29, 1.82) is 0 Å². The van der Waals surface area contributed by atoms with E-state index >= 15 is 0 Å². The fraction of sp³-hybridized carbons (Fsp3) is 0.300. The van der Waals surface area contributed by atoms with Gasteiger partial charge in [0, 0.05) is 12.8 Å². The number of fused-ring (bicyclic) bond motifs is 6. The van der Waals surface area contributed by atoms with Crippen molar-refractivity contribution >= 4 is 36.6 Å². The normalized spacial score (nSPS) is 14.9. The Morgan fingerprint density at radius 1 is 0.559 bits per heavy atom. The highest BCUT2D eigenvalue weighted by atomic mass is 19.5. The first kappa shape index (κ1) is 24.1. The Labute approximate surface area is 189 Å². The topological polar surface area (TPSA) is 17.6 Å². The fourth-order valence-electron chi connectivity index (χ4n) is 4.75. The van der Waals surface area contributed by atoms with Gasteiger partial charge in [-0.2, -0.15) is 0 Å². The summed E-state index contributed by atoms with van der Waals surface area (Å²) >= 11 is 0. The van der Waals surface area contributed by atoms with Gasteiger partial charge in [-0.15, -0.1) is 0 Å². The molecule has 182 valence electrons. The van der Waals surface area contributed by atoms with Crippen LogP contribution in [0.1, 0.15) is 12.8 Å². The molecular weight excluding hydrogens is 470 g/mol. The zero-order chi connectivity index (χ0) is 24.7. The first-order valence-corrected chi connectivity index (χ1v) is 10.7. The molecule has 0 spiro atoms. The van der Waals surface area contributed by atoms with E-state index in [0.717, 1.165) is 26.2 Å². The van der Waals surface area contributed by atoms with E-state index in [0.29, 0.717) is 0 Å². The second-order valence-electron chi connectivity index (χ2n) is 7.93. The van der Waals surface area contributed by atoms with Gasteiger partial charge in [0.1, 0.15) is 0 Å². The van der Waals surface area contributed by atoms with Gasteiger partial charge in [0.05, 0.1) is 26.2 Å². The van der Waals surface area contributed by atoms with Gasteiger partial charge in [-0.3, -0.25) is 0 Å². The molecule has 6 rings (SSSR count). The molecule has 4 heterocycles. The number of para-hydroxylation sites is 4. The van der Waals surface area contributed by atoms with E-state index in [1.54, 1.807) is 0 Å². The lowest BCUT2D eigenvalue weighted by atomic mass is 10.3. The molecule has 4 nitrogen and oxygen atoms in total. The Bertz CT molecular complexity index is 1130. The van der Waals surface area contributed by atoms with Crippen molar-refractivity contribution in [2.75, 3.05) is 0 Å². The highest BCUT2D eigenvalue weighted by Gasteiger charge is 2.41. The maximum absolute atomic E-state index is 9.75. The van der Waals surface area contributed by atoms with Gasteiger partial charge >= 0.3 is 26.2 Å². The molecule has 2 aliphatic rings. The highest BCUT2D eigenvalue weighted by molar-refractivity contribution is 6.50. The van der Waals surface area contributed by atoms with Gasteiger partial charge in [-0.05, 0) is 24.3 Å². The van der Waals surface area contributed by atoms with Crippen molar-refractivity contribution in [3.05, 3.63) is 48.5 Å². The summed E-state index contributed by atoms with van der Waals surface area (Å²) < 4.78 is 88.2. The molecule has 14 heteroatoms. The molecule has 4 aromatic rings. The number of aromatic nitrogens is 4. The average molecular weight is 490 g/mol. The molecule has 2 aliphatic heterocycles. The predicted octanol–water partition coefficient (Wildman–Crippen LogP) is 5.25. The molecule has 0 N–H and O–H groups in total. The van der Waals surface area contributed by atoms with Gasteiger partial charge in [0.2, 0.25) is 0 Å². The lowest BCUT2D eigenvalue weighted by molar-refractivity contribution is -0.662. The quantitative estimate of drug-likeness (QED) is 0.182. The van der Waals surface area contributed by atoms with Crippen LogP contribution in [0.25, 0.3) is 33.7 Å². The molecule has 0 saturated carbocycles. The van der Waals surface area contributed by atoms with Crippen LogP contribution in [0, 0.1) is 0 Å². The van der Waals surface area contributed by atoms with Crippen molar-refractivity contribution < 1.29 is 43.7 Å². The van der Waals surface area contributed by atoms with E-state index < -0.39 is 14.5 Å². The Kier molecular flexibility index (Phi) is 6.34. The van der Waals surface area contributed by atoms with Gasteiger partial charge in [0.25, 0.3) is 0 Å². The monoisotopic (exact) mass is 490 g/mol. The molecule has 0 radical (unpaired) electrons. The third kappa shape index (κ3) is 5.05. The van der Waals surface area contributed by atoms with E-state index in [9.17, 15) is 34.5 Å². The van der Waals surface area contributed by atoms with Crippen LogP contribution in [0.3, 0.4) is 0 Å². The van der Waals surface area contributed by atoms with Crippen LogP contribution < -0.4 is 9.13 Å². The van der Waals surface area contributed by atoms with Gasteiger partial charge in [-0.25, -0.2) is 18.3 Å². The molecule has 0 atom stereocenters. The van der Waals surface area contributed by atoms with Crippen LogP contribution in [0.4, 0.5) is 34.5 Å².